The fourth-order valence-electron chi connectivity index (χ4n) is 1.76. The molecule has 6 nitrogen and oxygen atoms in total. The Labute approximate surface area is 105 Å². The first-order valence-corrected chi connectivity index (χ1v) is 6.34. The summed E-state index contributed by atoms with van der Waals surface area (Å²) in [4.78, 5) is 14.3. The second-order valence-corrected chi connectivity index (χ2v) is 4.43. The van der Waals surface area contributed by atoms with Gasteiger partial charge in [-0.25, -0.2) is 4.79 Å². The van der Waals surface area contributed by atoms with Gasteiger partial charge >= 0.3 is 17.0 Å². The molecular weight excluding hydrogens is 256 g/mol. The topological polar surface area (TPSA) is 102 Å². The van der Waals surface area contributed by atoms with Crippen LogP contribution in [0.2, 0.25) is 0 Å². The number of benzene rings is 1. The van der Waals surface area contributed by atoms with Crippen molar-refractivity contribution in [1.29, 1.82) is 0 Å². The zero-order chi connectivity index (χ0) is 13.1. The summed E-state index contributed by atoms with van der Waals surface area (Å²) in [6.07, 6.45) is 1.96. The third-order valence-electron chi connectivity index (χ3n) is 2.58. The first-order valence-electron chi connectivity index (χ1n) is 5.24. The quantitative estimate of drug-likeness (QED) is 0.683. The summed E-state index contributed by atoms with van der Waals surface area (Å²) >= 11 is 0. The van der Waals surface area contributed by atoms with Crippen LogP contribution in [0.5, 0.6) is 0 Å². The fraction of sp³-hybridized carbons (Fsp3) is 0.182. The molecule has 0 aliphatic heterocycles. The van der Waals surface area contributed by atoms with Crippen LogP contribution in [0.1, 0.15) is 5.56 Å². The predicted octanol–water partition coefficient (Wildman–Crippen LogP) is 0.107. The number of aromatic amines is 1. The van der Waals surface area contributed by atoms with Crippen molar-refractivity contribution >= 4 is 27.9 Å². The summed E-state index contributed by atoms with van der Waals surface area (Å²) in [6, 6.07) is 6.55. The number of carbonyl (C=O) groups excluding carboxylic acids is 1. The molecule has 0 spiro atoms. The fourth-order valence-corrected chi connectivity index (χ4v) is 2.04. The van der Waals surface area contributed by atoms with Gasteiger partial charge < -0.3 is 14.9 Å². The van der Waals surface area contributed by atoms with E-state index < -0.39 is 23.0 Å². The molecule has 2 aromatic rings. The molecule has 0 aliphatic rings. The first kappa shape index (κ1) is 12.6. The third-order valence-corrected chi connectivity index (χ3v) is 2.91. The molecule has 7 heteroatoms. The molecule has 18 heavy (non-hydrogen) atoms. The molecule has 0 radical (unpaired) electrons. The van der Waals surface area contributed by atoms with Gasteiger partial charge in [0.1, 0.15) is 6.04 Å². The molecular formula is C11H12N2O4S. The second-order valence-electron chi connectivity index (χ2n) is 3.80. The van der Waals surface area contributed by atoms with Crippen LogP contribution in [0.4, 0.5) is 0 Å². The molecule has 96 valence electrons. The van der Waals surface area contributed by atoms with E-state index in [1.54, 1.807) is 6.20 Å². The number of carbonyl (C=O) groups is 1. The number of thiol groups is 1. The minimum Gasteiger partial charge on any atom is -0.361 e. The Morgan fingerprint density at radius 1 is 1.39 bits per heavy atom. The first-order chi connectivity index (χ1) is 8.58. The van der Waals surface area contributed by atoms with Crippen LogP contribution in [-0.4, -0.2) is 25.4 Å². The maximum absolute atomic E-state index is 11.3. The highest BCUT2D eigenvalue weighted by molar-refractivity contribution is 7.67. The van der Waals surface area contributed by atoms with E-state index in [0.29, 0.717) is 0 Å². The Morgan fingerprint density at radius 2 is 2.11 bits per heavy atom. The van der Waals surface area contributed by atoms with Gasteiger partial charge in [-0.05, 0) is 11.6 Å². The molecule has 1 aromatic carbocycles. The van der Waals surface area contributed by atoms with Gasteiger partial charge in [-0.2, -0.15) is 8.42 Å². The van der Waals surface area contributed by atoms with Crippen LogP contribution in [0, 0.1) is 0 Å². The summed E-state index contributed by atoms with van der Waals surface area (Å²) in [5.41, 5.74) is 7.37. The molecule has 0 saturated carbocycles. The standard InChI is InChI=1S/C11H12N2O4S/c12-9(11(14)17-18(15)16)5-7-6-13-10-4-2-1-3-8(7)10/h1-4,6,9,13,18H,5,12H2/t9-/m0/s1. The highest BCUT2D eigenvalue weighted by Gasteiger charge is 2.18. The number of hydrogen-bond donors (Lipinski definition) is 3. The normalized spacial score (nSPS) is 12.8. The monoisotopic (exact) mass is 268 g/mol. The number of para-hydroxylation sites is 1. The SMILES string of the molecule is N[C@@H](Cc1c[nH]c2ccccc12)C(=O)O[SH](=O)=O. The molecule has 0 unspecified atom stereocenters. The van der Waals surface area contributed by atoms with Crippen LogP contribution in [0.3, 0.4) is 0 Å². The highest BCUT2D eigenvalue weighted by atomic mass is 32.2. The number of aromatic nitrogens is 1. The van der Waals surface area contributed by atoms with E-state index in [-0.39, 0.29) is 6.42 Å². The molecule has 0 fully saturated rings. The molecule has 0 amide bonds. The number of nitrogens with two attached hydrogens (primary N) is 1. The Morgan fingerprint density at radius 3 is 2.83 bits per heavy atom. The lowest BCUT2D eigenvalue weighted by Crippen LogP contribution is -2.34. The third kappa shape index (κ3) is 2.69. The number of rotatable bonds is 4. The molecule has 2 rings (SSSR count). The van der Waals surface area contributed by atoms with Crippen LogP contribution < -0.4 is 5.73 Å². The van der Waals surface area contributed by atoms with E-state index in [1.807, 2.05) is 24.3 Å². The van der Waals surface area contributed by atoms with E-state index in [9.17, 15) is 13.2 Å². The Kier molecular flexibility index (Phi) is 3.63. The average Bonchev–Trinajstić information content (AvgIpc) is 2.72. The van der Waals surface area contributed by atoms with Crippen LogP contribution in [0.25, 0.3) is 10.9 Å². The van der Waals surface area contributed by atoms with Crippen molar-refractivity contribution in [1.82, 2.24) is 4.98 Å². The number of H-pyrrole nitrogens is 1. The van der Waals surface area contributed by atoms with E-state index in [1.165, 1.54) is 0 Å². The lowest BCUT2D eigenvalue weighted by molar-refractivity contribution is -0.134. The highest BCUT2D eigenvalue weighted by Crippen LogP contribution is 2.18. The van der Waals surface area contributed by atoms with Crippen LogP contribution in [0.15, 0.2) is 30.5 Å². The Bertz CT molecular complexity index is 639. The number of nitrogens with one attached hydrogen (secondary N) is 1. The van der Waals surface area contributed by atoms with E-state index in [0.717, 1.165) is 16.5 Å². The smallest absolute Gasteiger partial charge is 0.338 e. The molecule has 0 aliphatic carbocycles. The van der Waals surface area contributed by atoms with Crippen molar-refractivity contribution in [3.8, 4) is 0 Å². The predicted molar refractivity (Wildman–Crippen MR) is 66.4 cm³/mol. The van der Waals surface area contributed by atoms with Gasteiger partial charge in [0, 0.05) is 23.5 Å². The van der Waals surface area contributed by atoms with Crippen molar-refractivity contribution < 1.29 is 17.4 Å². The lowest BCUT2D eigenvalue weighted by Gasteiger charge is -2.07. The number of fused-ring (bicyclic) bond motifs is 1. The average molecular weight is 268 g/mol. The minimum atomic E-state index is -3.21. The van der Waals surface area contributed by atoms with Crippen molar-refractivity contribution in [2.24, 2.45) is 5.73 Å². The number of hydrogen-bond acceptors (Lipinski definition) is 5. The molecule has 1 atom stereocenters. The molecule has 3 N–H and O–H groups in total. The Balaban J connectivity index is 2.16. The summed E-state index contributed by atoms with van der Waals surface area (Å²) in [7, 11) is -3.21. The molecule has 1 aromatic heterocycles. The van der Waals surface area contributed by atoms with Gasteiger partial charge in [0.15, 0.2) is 0 Å². The van der Waals surface area contributed by atoms with Crippen LogP contribution in [-0.2, 0) is 26.4 Å². The van der Waals surface area contributed by atoms with Crippen molar-refractivity contribution in [2.45, 2.75) is 12.5 Å². The summed E-state index contributed by atoms with van der Waals surface area (Å²) in [5, 5.41) is 0.951. The van der Waals surface area contributed by atoms with E-state index >= 15 is 0 Å². The second kappa shape index (κ2) is 5.19. The maximum Gasteiger partial charge on any atom is 0.338 e. The van der Waals surface area contributed by atoms with Crippen molar-refractivity contribution in [3.63, 3.8) is 0 Å². The summed E-state index contributed by atoms with van der Waals surface area (Å²) < 4.78 is 24.6. The van der Waals surface area contributed by atoms with E-state index in [4.69, 9.17) is 5.73 Å². The van der Waals surface area contributed by atoms with Crippen molar-refractivity contribution in [2.75, 3.05) is 0 Å². The summed E-state index contributed by atoms with van der Waals surface area (Å²) in [5.74, 6) is -0.948. The zero-order valence-electron chi connectivity index (χ0n) is 9.33. The molecule has 0 saturated heterocycles. The van der Waals surface area contributed by atoms with Crippen molar-refractivity contribution in [3.05, 3.63) is 36.0 Å². The van der Waals surface area contributed by atoms with Gasteiger partial charge in [-0.1, -0.05) is 18.2 Å². The molecule has 1 heterocycles. The zero-order valence-corrected chi connectivity index (χ0v) is 10.2. The van der Waals surface area contributed by atoms with Crippen LogP contribution >= 0.6 is 0 Å². The van der Waals surface area contributed by atoms with Gasteiger partial charge in [-0.3, -0.25) is 0 Å². The lowest BCUT2D eigenvalue weighted by atomic mass is 10.1. The summed E-state index contributed by atoms with van der Waals surface area (Å²) in [6.45, 7) is 0. The van der Waals surface area contributed by atoms with Gasteiger partial charge in [0.25, 0.3) is 0 Å². The Hall–Kier alpha value is -1.86. The minimum absolute atomic E-state index is 0.214. The van der Waals surface area contributed by atoms with E-state index in [2.05, 4.69) is 9.17 Å². The van der Waals surface area contributed by atoms with Gasteiger partial charge in [0.05, 0.1) is 0 Å². The maximum atomic E-state index is 11.3. The van der Waals surface area contributed by atoms with Gasteiger partial charge in [0.2, 0.25) is 0 Å². The molecule has 0 bridgehead atoms. The largest absolute Gasteiger partial charge is 0.361 e. The van der Waals surface area contributed by atoms with Gasteiger partial charge in [-0.15, -0.1) is 0 Å².